The number of hydrogen-bond donors (Lipinski definition) is 1. The van der Waals surface area contributed by atoms with Gasteiger partial charge in [0.2, 0.25) is 5.91 Å². The van der Waals surface area contributed by atoms with Crippen molar-refractivity contribution in [1.82, 2.24) is 4.98 Å². The van der Waals surface area contributed by atoms with E-state index >= 15 is 0 Å². The van der Waals surface area contributed by atoms with Crippen LogP contribution in [0.4, 0.5) is 5.82 Å². The van der Waals surface area contributed by atoms with Gasteiger partial charge < -0.3 is 10.6 Å². The molecule has 2 N–H and O–H groups in total. The lowest BCUT2D eigenvalue weighted by molar-refractivity contribution is -0.125. The van der Waals surface area contributed by atoms with Gasteiger partial charge in [0.1, 0.15) is 11.9 Å². The van der Waals surface area contributed by atoms with Crippen LogP contribution in [0.1, 0.15) is 18.9 Å². The van der Waals surface area contributed by atoms with Crippen molar-refractivity contribution in [3.63, 3.8) is 0 Å². The Kier molecular flexibility index (Phi) is 2.72. The molecule has 0 bridgehead atoms. The minimum Gasteiger partial charge on any atom is -0.369 e. The smallest absolute Gasteiger partial charge is 0.225 e. The summed E-state index contributed by atoms with van der Waals surface area (Å²) in [6.45, 7) is 3.22. The molecule has 1 aromatic heterocycles. The van der Waals surface area contributed by atoms with E-state index in [0.717, 1.165) is 18.8 Å². The van der Waals surface area contributed by atoms with Crippen molar-refractivity contribution in [1.29, 1.82) is 5.26 Å². The van der Waals surface area contributed by atoms with Crippen molar-refractivity contribution < 1.29 is 4.79 Å². The van der Waals surface area contributed by atoms with Crippen LogP contribution in [0.25, 0.3) is 0 Å². The normalized spacial score (nSPS) is 23.4. The van der Waals surface area contributed by atoms with E-state index in [0.29, 0.717) is 12.1 Å². The van der Waals surface area contributed by atoms with E-state index < -0.39 is 5.41 Å². The number of nitrogens with two attached hydrogens (primary N) is 1. The van der Waals surface area contributed by atoms with Gasteiger partial charge in [-0.1, -0.05) is 0 Å². The number of hydrogen-bond acceptors (Lipinski definition) is 4. The summed E-state index contributed by atoms with van der Waals surface area (Å²) in [6, 6.07) is 5.55. The van der Waals surface area contributed by atoms with E-state index in [9.17, 15) is 4.79 Å². The molecule has 0 aliphatic carbocycles. The number of rotatable bonds is 2. The minimum absolute atomic E-state index is 0.270. The first kappa shape index (κ1) is 11.4. The number of primary amides is 1. The first-order valence-corrected chi connectivity index (χ1v) is 5.46. The van der Waals surface area contributed by atoms with Gasteiger partial charge in [0, 0.05) is 19.3 Å². The molecule has 2 heterocycles. The Morgan fingerprint density at radius 2 is 2.41 bits per heavy atom. The third-order valence-corrected chi connectivity index (χ3v) is 3.27. The van der Waals surface area contributed by atoms with E-state index in [1.54, 1.807) is 12.1 Å². The van der Waals surface area contributed by atoms with E-state index in [1.165, 1.54) is 6.20 Å². The lowest BCUT2D eigenvalue weighted by Crippen LogP contribution is -2.37. The maximum absolute atomic E-state index is 11.3. The summed E-state index contributed by atoms with van der Waals surface area (Å²) in [5.41, 5.74) is 5.45. The van der Waals surface area contributed by atoms with E-state index in [4.69, 9.17) is 11.0 Å². The Labute approximate surface area is 99.9 Å². The quantitative estimate of drug-likeness (QED) is 0.808. The number of nitriles is 1. The van der Waals surface area contributed by atoms with Crippen molar-refractivity contribution >= 4 is 11.7 Å². The van der Waals surface area contributed by atoms with Gasteiger partial charge in [0.05, 0.1) is 11.0 Å². The molecule has 17 heavy (non-hydrogen) atoms. The predicted molar refractivity (Wildman–Crippen MR) is 63.1 cm³/mol. The summed E-state index contributed by atoms with van der Waals surface area (Å²) >= 11 is 0. The summed E-state index contributed by atoms with van der Waals surface area (Å²) < 4.78 is 0. The minimum atomic E-state index is -0.477. The molecular weight excluding hydrogens is 216 g/mol. The number of amides is 1. The monoisotopic (exact) mass is 230 g/mol. The Bertz CT molecular complexity index is 476. The maximum Gasteiger partial charge on any atom is 0.225 e. The standard InChI is InChI=1S/C12H14N4O/c1-12(11(14)17)4-5-16(8-12)10-3-2-9(6-13)7-15-10/h2-3,7H,4-5,8H2,1H3,(H2,14,17). The lowest BCUT2D eigenvalue weighted by atomic mass is 9.89. The first-order chi connectivity index (χ1) is 8.05. The maximum atomic E-state index is 11.3. The van der Waals surface area contributed by atoms with Crippen LogP contribution >= 0.6 is 0 Å². The van der Waals surface area contributed by atoms with Crippen LogP contribution in [0.2, 0.25) is 0 Å². The number of pyridine rings is 1. The molecule has 2 rings (SSSR count). The molecule has 1 aliphatic rings. The molecule has 1 aliphatic heterocycles. The summed E-state index contributed by atoms with van der Waals surface area (Å²) in [7, 11) is 0. The van der Waals surface area contributed by atoms with Crippen molar-refractivity contribution in [2.75, 3.05) is 18.0 Å². The molecule has 0 saturated carbocycles. The molecule has 88 valence electrons. The van der Waals surface area contributed by atoms with Crippen molar-refractivity contribution in [2.45, 2.75) is 13.3 Å². The van der Waals surface area contributed by atoms with Crippen molar-refractivity contribution in [3.8, 4) is 6.07 Å². The molecule has 5 heteroatoms. The van der Waals surface area contributed by atoms with Crippen LogP contribution in [0.3, 0.4) is 0 Å². The Hall–Kier alpha value is -2.09. The largest absolute Gasteiger partial charge is 0.369 e. The van der Waals surface area contributed by atoms with Crippen LogP contribution in [-0.4, -0.2) is 24.0 Å². The molecule has 1 atom stereocenters. The third-order valence-electron chi connectivity index (χ3n) is 3.27. The van der Waals surface area contributed by atoms with Gasteiger partial charge in [-0.2, -0.15) is 5.26 Å². The zero-order valence-corrected chi connectivity index (χ0v) is 9.68. The number of nitrogens with zero attached hydrogens (tertiary/aromatic N) is 3. The highest BCUT2D eigenvalue weighted by Gasteiger charge is 2.39. The summed E-state index contributed by atoms with van der Waals surface area (Å²) in [5, 5.41) is 8.68. The van der Waals surface area contributed by atoms with Gasteiger partial charge >= 0.3 is 0 Å². The highest BCUT2D eigenvalue weighted by molar-refractivity contribution is 5.82. The van der Waals surface area contributed by atoms with Crippen LogP contribution in [0.15, 0.2) is 18.3 Å². The molecule has 1 amide bonds. The fraction of sp³-hybridized carbons (Fsp3) is 0.417. The van der Waals surface area contributed by atoms with E-state index in [-0.39, 0.29) is 5.91 Å². The van der Waals surface area contributed by atoms with E-state index in [1.807, 2.05) is 17.9 Å². The van der Waals surface area contributed by atoms with Crippen LogP contribution in [0.5, 0.6) is 0 Å². The fourth-order valence-electron chi connectivity index (χ4n) is 2.00. The molecule has 1 aromatic rings. The fourth-order valence-corrected chi connectivity index (χ4v) is 2.00. The van der Waals surface area contributed by atoms with Gasteiger partial charge in [0.25, 0.3) is 0 Å². The van der Waals surface area contributed by atoms with Crippen molar-refractivity contribution in [2.24, 2.45) is 11.1 Å². The highest BCUT2D eigenvalue weighted by Crippen LogP contribution is 2.31. The van der Waals surface area contributed by atoms with Gasteiger partial charge in [-0.25, -0.2) is 4.98 Å². The molecule has 1 saturated heterocycles. The van der Waals surface area contributed by atoms with Gasteiger partial charge in [0.15, 0.2) is 0 Å². The van der Waals surface area contributed by atoms with Crippen molar-refractivity contribution in [3.05, 3.63) is 23.9 Å². The number of anilines is 1. The second-order valence-corrected chi connectivity index (χ2v) is 4.61. The second kappa shape index (κ2) is 4.06. The Morgan fingerprint density at radius 1 is 1.65 bits per heavy atom. The third kappa shape index (κ3) is 2.07. The molecule has 1 fully saturated rings. The lowest BCUT2D eigenvalue weighted by Gasteiger charge is -2.21. The highest BCUT2D eigenvalue weighted by atomic mass is 16.1. The topological polar surface area (TPSA) is 83.0 Å². The van der Waals surface area contributed by atoms with Crippen LogP contribution in [0, 0.1) is 16.7 Å². The van der Waals surface area contributed by atoms with Gasteiger partial charge in [-0.05, 0) is 25.5 Å². The zero-order chi connectivity index (χ0) is 12.5. The molecule has 5 nitrogen and oxygen atoms in total. The predicted octanol–water partition coefficient (Wildman–Crippen LogP) is 0.655. The van der Waals surface area contributed by atoms with Crippen LogP contribution in [-0.2, 0) is 4.79 Å². The molecule has 0 spiro atoms. The second-order valence-electron chi connectivity index (χ2n) is 4.61. The average Bonchev–Trinajstić information content (AvgIpc) is 2.74. The first-order valence-electron chi connectivity index (χ1n) is 5.46. The van der Waals surface area contributed by atoms with Gasteiger partial charge in [-0.15, -0.1) is 0 Å². The van der Waals surface area contributed by atoms with Gasteiger partial charge in [-0.3, -0.25) is 4.79 Å². The molecule has 0 aromatic carbocycles. The Balaban J connectivity index is 2.15. The molecular formula is C12H14N4O. The Morgan fingerprint density at radius 3 is 2.88 bits per heavy atom. The van der Waals surface area contributed by atoms with Crippen LogP contribution < -0.4 is 10.6 Å². The summed E-state index contributed by atoms with van der Waals surface area (Å²) in [4.78, 5) is 17.6. The SMILES string of the molecule is CC1(C(N)=O)CCN(c2ccc(C#N)cn2)C1. The number of carbonyl (C=O) groups excluding carboxylic acids is 1. The van der Waals surface area contributed by atoms with E-state index in [2.05, 4.69) is 4.98 Å². The average molecular weight is 230 g/mol. The number of carbonyl (C=O) groups is 1. The molecule has 0 radical (unpaired) electrons. The summed E-state index contributed by atoms with van der Waals surface area (Å²) in [5.74, 6) is 0.516. The molecule has 1 unspecified atom stereocenters. The zero-order valence-electron chi connectivity index (χ0n) is 9.68. The number of aromatic nitrogens is 1. The summed E-state index contributed by atoms with van der Waals surface area (Å²) in [6.07, 6.45) is 2.28.